The van der Waals surface area contributed by atoms with Crippen LogP contribution >= 0.6 is 0 Å². The summed E-state index contributed by atoms with van der Waals surface area (Å²) in [6.07, 6.45) is 0.215. The lowest BCUT2D eigenvalue weighted by atomic mass is 10.1. The zero-order chi connectivity index (χ0) is 14.4. The Kier molecular flexibility index (Phi) is 5.55. The van der Waals surface area contributed by atoms with Crippen LogP contribution in [0.3, 0.4) is 0 Å². The van der Waals surface area contributed by atoms with Crippen molar-refractivity contribution in [2.24, 2.45) is 0 Å². The molecule has 19 heavy (non-hydrogen) atoms. The number of carbonyl (C=O) groups excluding carboxylic acids is 2. The molecule has 0 aliphatic heterocycles. The Morgan fingerprint density at radius 1 is 1.26 bits per heavy atom. The Balaban J connectivity index is 2.85. The van der Waals surface area contributed by atoms with Gasteiger partial charge in [0.25, 0.3) is 5.91 Å². The minimum Gasteiger partial charge on any atom is -0.469 e. The Labute approximate surface area is 114 Å². The number of esters is 1. The predicted octanol–water partition coefficient (Wildman–Crippen LogP) is 2.41. The van der Waals surface area contributed by atoms with Gasteiger partial charge in [-0.1, -0.05) is 18.2 Å². The summed E-state index contributed by atoms with van der Waals surface area (Å²) in [5.41, 5.74) is 1.62. The Hall–Kier alpha value is -1.84. The third kappa shape index (κ3) is 4.09. The lowest BCUT2D eigenvalue weighted by Crippen LogP contribution is -2.38. The molecule has 0 unspecified atom stereocenters. The fourth-order valence-electron chi connectivity index (χ4n) is 1.88. The summed E-state index contributed by atoms with van der Waals surface area (Å²) in [6.45, 7) is 6.16. The van der Waals surface area contributed by atoms with Gasteiger partial charge in [-0.25, -0.2) is 0 Å². The molecule has 0 heterocycles. The second-order valence-electron chi connectivity index (χ2n) is 4.73. The minimum absolute atomic E-state index is 0.0387. The lowest BCUT2D eigenvalue weighted by molar-refractivity contribution is -0.140. The van der Waals surface area contributed by atoms with E-state index in [1.165, 1.54) is 7.11 Å². The van der Waals surface area contributed by atoms with Gasteiger partial charge in [0.1, 0.15) is 0 Å². The van der Waals surface area contributed by atoms with Gasteiger partial charge in [-0.05, 0) is 32.4 Å². The highest BCUT2D eigenvalue weighted by molar-refractivity contribution is 5.96. The van der Waals surface area contributed by atoms with Gasteiger partial charge in [0, 0.05) is 18.2 Å². The molecule has 1 amide bonds. The standard InChI is InChI=1S/C15H21NO3/c1-11(2)16(10-9-14(17)19-4)15(18)13-8-6-5-7-12(13)3/h5-8,11H,9-10H2,1-4H3. The summed E-state index contributed by atoms with van der Waals surface area (Å²) in [5.74, 6) is -0.347. The number of carbonyl (C=O) groups is 2. The minimum atomic E-state index is -0.303. The largest absolute Gasteiger partial charge is 0.469 e. The van der Waals surface area contributed by atoms with Crippen LogP contribution in [0.4, 0.5) is 0 Å². The van der Waals surface area contributed by atoms with Crippen molar-refractivity contribution in [3.05, 3.63) is 35.4 Å². The van der Waals surface area contributed by atoms with Crippen molar-refractivity contribution in [2.75, 3.05) is 13.7 Å². The smallest absolute Gasteiger partial charge is 0.307 e. The maximum absolute atomic E-state index is 12.5. The second-order valence-corrected chi connectivity index (χ2v) is 4.73. The van der Waals surface area contributed by atoms with Crippen molar-refractivity contribution in [1.82, 2.24) is 4.90 Å². The Morgan fingerprint density at radius 2 is 1.89 bits per heavy atom. The molecule has 0 aliphatic carbocycles. The first kappa shape index (κ1) is 15.2. The molecule has 0 atom stereocenters. The quantitative estimate of drug-likeness (QED) is 0.766. The van der Waals surface area contributed by atoms with Crippen molar-refractivity contribution >= 4 is 11.9 Å². The number of nitrogens with zero attached hydrogens (tertiary/aromatic N) is 1. The van der Waals surface area contributed by atoms with Crippen LogP contribution in [0.5, 0.6) is 0 Å². The molecule has 1 rings (SSSR count). The molecular formula is C15H21NO3. The maximum Gasteiger partial charge on any atom is 0.307 e. The SMILES string of the molecule is COC(=O)CCN(C(=O)c1ccccc1C)C(C)C. The molecule has 0 fully saturated rings. The van der Waals surface area contributed by atoms with Crippen LogP contribution in [0.25, 0.3) is 0 Å². The maximum atomic E-state index is 12.5. The number of hydrogen-bond acceptors (Lipinski definition) is 3. The first-order chi connectivity index (χ1) is 8.97. The molecule has 4 heteroatoms. The van der Waals surface area contributed by atoms with E-state index in [1.54, 1.807) is 4.90 Å². The monoisotopic (exact) mass is 263 g/mol. The van der Waals surface area contributed by atoms with E-state index < -0.39 is 0 Å². The zero-order valence-corrected chi connectivity index (χ0v) is 12.0. The van der Waals surface area contributed by atoms with Crippen LogP contribution in [0.15, 0.2) is 24.3 Å². The van der Waals surface area contributed by atoms with E-state index >= 15 is 0 Å². The van der Waals surface area contributed by atoms with Crippen LogP contribution in [0.2, 0.25) is 0 Å². The van der Waals surface area contributed by atoms with Crippen LogP contribution in [-0.4, -0.2) is 36.5 Å². The zero-order valence-electron chi connectivity index (χ0n) is 12.0. The number of hydrogen-bond donors (Lipinski definition) is 0. The first-order valence-corrected chi connectivity index (χ1v) is 6.40. The predicted molar refractivity (Wildman–Crippen MR) is 74.0 cm³/mol. The van der Waals surface area contributed by atoms with Gasteiger partial charge < -0.3 is 9.64 Å². The van der Waals surface area contributed by atoms with Gasteiger partial charge >= 0.3 is 5.97 Å². The van der Waals surface area contributed by atoms with Gasteiger partial charge in [0.2, 0.25) is 0 Å². The Morgan fingerprint density at radius 3 is 2.42 bits per heavy atom. The van der Waals surface area contributed by atoms with Gasteiger partial charge in [-0.3, -0.25) is 9.59 Å². The summed E-state index contributed by atoms with van der Waals surface area (Å²) in [4.78, 5) is 25.4. The number of amides is 1. The van der Waals surface area contributed by atoms with Crippen LogP contribution < -0.4 is 0 Å². The lowest BCUT2D eigenvalue weighted by Gasteiger charge is -2.27. The molecule has 4 nitrogen and oxygen atoms in total. The van der Waals surface area contributed by atoms with Gasteiger partial charge in [-0.15, -0.1) is 0 Å². The molecule has 0 spiro atoms. The highest BCUT2D eigenvalue weighted by atomic mass is 16.5. The third-order valence-corrected chi connectivity index (χ3v) is 3.04. The van der Waals surface area contributed by atoms with E-state index in [0.29, 0.717) is 12.1 Å². The van der Waals surface area contributed by atoms with Crippen LogP contribution in [0, 0.1) is 6.92 Å². The van der Waals surface area contributed by atoms with E-state index in [1.807, 2.05) is 45.0 Å². The highest BCUT2D eigenvalue weighted by Crippen LogP contribution is 2.13. The van der Waals surface area contributed by atoms with Crippen LogP contribution in [-0.2, 0) is 9.53 Å². The molecule has 0 bridgehead atoms. The molecule has 0 saturated carbocycles. The number of methoxy groups -OCH3 is 1. The molecule has 0 aromatic heterocycles. The van der Waals surface area contributed by atoms with E-state index in [4.69, 9.17) is 0 Å². The number of aryl methyl sites for hydroxylation is 1. The molecule has 0 aliphatic rings. The van der Waals surface area contributed by atoms with E-state index in [2.05, 4.69) is 4.74 Å². The van der Waals surface area contributed by atoms with Gasteiger partial charge in [-0.2, -0.15) is 0 Å². The molecule has 0 saturated heterocycles. The number of ether oxygens (including phenoxy) is 1. The first-order valence-electron chi connectivity index (χ1n) is 6.40. The second kappa shape index (κ2) is 6.92. The summed E-state index contributed by atoms with van der Waals surface area (Å²) >= 11 is 0. The number of benzene rings is 1. The summed E-state index contributed by atoms with van der Waals surface area (Å²) < 4.78 is 4.61. The average Bonchev–Trinajstić information content (AvgIpc) is 2.38. The van der Waals surface area contributed by atoms with Gasteiger partial charge in [0.05, 0.1) is 13.5 Å². The van der Waals surface area contributed by atoms with Crippen molar-refractivity contribution in [3.8, 4) is 0 Å². The fraction of sp³-hybridized carbons (Fsp3) is 0.467. The molecule has 0 radical (unpaired) electrons. The average molecular weight is 263 g/mol. The van der Waals surface area contributed by atoms with E-state index in [9.17, 15) is 9.59 Å². The van der Waals surface area contributed by atoms with E-state index in [-0.39, 0.29) is 24.3 Å². The van der Waals surface area contributed by atoms with Gasteiger partial charge in [0.15, 0.2) is 0 Å². The molecular weight excluding hydrogens is 242 g/mol. The van der Waals surface area contributed by atoms with E-state index in [0.717, 1.165) is 5.56 Å². The molecule has 1 aromatic rings. The molecule has 1 aromatic carbocycles. The number of rotatable bonds is 5. The summed E-state index contributed by atoms with van der Waals surface area (Å²) in [6, 6.07) is 7.51. The highest BCUT2D eigenvalue weighted by Gasteiger charge is 2.20. The van der Waals surface area contributed by atoms with Crippen molar-refractivity contribution in [2.45, 2.75) is 33.2 Å². The normalized spacial score (nSPS) is 10.4. The fourth-order valence-corrected chi connectivity index (χ4v) is 1.88. The summed E-state index contributed by atoms with van der Waals surface area (Å²) in [5, 5.41) is 0. The van der Waals surface area contributed by atoms with Crippen molar-refractivity contribution < 1.29 is 14.3 Å². The van der Waals surface area contributed by atoms with Crippen molar-refractivity contribution in [1.29, 1.82) is 0 Å². The topological polar surface area (TPSA) is 46.6 Å². The van der Waals surface area contributed by atoms with Crippen LogP contribution in [0.1, 0.15) is 36.2 Å². The Bertz CT molecular complexity index is 454. The van der Waals surface area contributed by atoms with Crippen molar-refractivity contribution in [3.63, 3.8) is 0 Å². The summed E-state index contributed by atoms with van der Waals surface area (Å²) in [7, 11) is 1.35. The molecule has 104 valence electrons. The third-order valence-electron chi connectivity index (χ3n) is 3.04. The molecule has 0 N–H and O–H groups in total.